The van der Waals surface area contributed by atoms with Gasteiger partial charge >= 0.3 is 0 Å². The Morgan fingerprint density at radius 1 is 1.23 bits per heavy atom. The van der Waals surface area contributed by atoms with Crippen LogP contribution in [0.4, 0.5) is 5.69 Å². The summed E-state index contributed by atoms with van der Waals surface area (Å²) in [5.41, 5.74) is 2.48. The van der Waals surface area contributed by atoms with Crippen molar-refractivity contribution in [3.8, 4) is 17.6 Å². The minimum Gasteiger partial charge on any atom is -0.493 e. The number of hydrogen-bond donors (Lipinski definition) is 0. The second-order valence-electron chi connectivity index (χ2n) is 7.18. The maximum Gasteiger partial charge on any atom is 0.229 e. The third-order valence-electron chi connectivity index (χ3n) is 5.38. The fourth-order valence-electron chi connectivity index (χ4n) is 3.84. The molecular formula is C23H22ClN3O3S. The number of thioether (sulfide) groups is 1. The number of carbonyl (C=O) groups is 1. The first-order valence-corrected chi connectivity index (χ1v) is 11.3. The van der Waals surface area contributed by atoms with Crippen LogP contribution in [-0.4, -0.2) is 37.1 Å². The topological polar surface area (TPSA) is 65.8 Å². The second-order valence-corrected chi connectivity index (χ2v) is 8.55. The van der Waals surface area contributed by atoms with Crippen LogP contribution in [0.5, 0.6) is 11.5 Å². The van der Waals surface area contributed by atoms with Gasteiger partial charge in [0.1, 0.15) is 0 Å². The van der Waals surface area contributed by atoms with Gasteiger partial charge in [-0.1, -0.05) is 29.4 Å². The van der Waals surface area contributed by atoms with Gasteiger partial charge in [-0.2, -0.15) is 5.26 Å². The Kier molecular flexibility index (Phi) is 6.30. The molecule has 31 heavy (non-hydrogen) atoms. The quantitative estimate of drug-likeness (QED) is 0.634. The molecule has 2 aromatic rings. The SMILES string of the molecule is CCOc1ccc([C@H]2CC(=O)N3CN(c4ccc(Cl)cc4)CSC3=C2C#N)cc1OC. The second kappa shape index (κ2) is 9.13. The molecule has 1 fully saturated rings. The zero-order valence-corrected chi connectivity index (χ0v) is 18.9. The first-order chi connectivity index (χ1) is 15.0. The van der Waals surface area contributed by atoms with E-state index >= 15 is 0 Å². The predicted octanol–water partition coefficient (Wildman–Crippen LogP) is 4.97. The number of allylic oxidation sites excluding steroid dienone is 1. The predicted molar refractivity (Wildman–Crippen MR) is 122 cm³/mol. The van der Waals surface area contributed by atoms with Crippen LogP contribution in [0.25, 0.3) is 0 Å². The molecule has 0 unspecified atom stereocenters. The first kappa shape index (κ1) is 21.4. The van der Waals surface area contributed by atoms with Crippen LogP contribution in [0.15, 0.2) is 53.1 Å². The van der Waals surface area contributed by atoms with E-state index in [9.17, 15) is 10.1 Å². The summed E-state index contributed by atoms with van der Waals surface area (Å²) in [6.45, 7) is 2.85. The van der Waals surface area contributed by atoms with Crippen molar-refractivity contribution in [1.82, 2.24) is 4.90 Å². The van der Waals surface area contributed by atoms with Crippen LogP contribution < -0.4 is 14.4 Å². The maximum atomic E-state index is 13.1. The summed E-state index contributed by atoms with van der Waals surface area (Å²) in [6.07, 6.45) is 0.235. The Balaban J connectivity index is 1.65. The van der Waals surface area contributed by atoms with Gasteiger partial charge in [0.05, 0.1) is 42.9 Å². The van der Waals surface area contributed by atoms with Gasteiger partial charge in [0.15, 0.2) is 11.5 Å². The Bertz CT molecular complexity index is 1060. The van der Waals surface area contributed by atoms with E-state index in [0.29, 0.717) is 41.2 Å². The van der Waals surface area contributed by atoms with E-state index in [1.807, 2.05) is 49.4 Å². The van der Waals surface area contributed by atoms with E-state index in [2.05, 4.69) is 11.0 Å². The lowest BCUT2D eigenvalue weighted by atomic mass is 9.86. The number of hydrogen-bond acceptors (Lipinski definition) is 6. The van der Waals surface area contributed by atoms with Gasteiger partial charge in [-0.25, -0.2) is 0 Å². The zero-order chi connectivity index (χ0) is 22.0. The third kappa shape index (κ3) is 4.18. The lowest BCUT2D eigenvalue weighted by Crippen LogP contribution is -2.47. The van der Waals surface area contributed by atoms with Crippen LogP contribution in [0.3, 0.4) is 0 Å². The number of nitrogens with zero attached hydrogens (tertiary/aromatic N) is 3. The van der Waals surface area contributed by atoms with Crippen molar-refractivity contribution in [2.75, 3.05) is 31.2 Å². The van der Waals surface area contributed by atoms with Crippen molar-refractivity contribution in [1.29, 1.82) is 5.26 Å². The number of anilines is 1. The van der Waals surface area contributed by atoms with E-state index in [1.54, 1.807) is 12.0 Å². The lowest BCUT2D eigenvalue weighted by molar-refractivity contribution is -0.129. The molecule has 1 atom stereocenters. The number of nitriles is 1. The Labute approximate surface area is 191 Å². The molecule has 160 valence electrons. The monoisotopic (exact) mass is 455 g/mol. The van der Waals surface area contributed by atoms with Crippen LogP contribution in [0.2, 0.25) is 5.02 Å². The Hall–Kier alpha value is -2.82. The molecule has 0 radical (unpaired) electrons. The molecular weight excluding hydrogens is 434 g/mol. The molecule has 0 aromatic heterocycles. The number of halogens is 1. The van der Waals surface area contributed by atoms with Crippen LogP contribution >= 0.6 is 23.4 Å². The highest BCUT2D eigenvalue weighted by molar-refractivity contribution is 8.03. The fraction of sp³-hybridized carbons (Fsp3) is 0.304. The van der Waals surface area contributed by atoms with Crippen molar-refractivity contribution in [2.45, 2.75) is 19.3 Å². The summed E-state index contributed by atoms with van der Waals surface area (Å²) >= 11 is 7.51. The standard InChI is InChI=1S/C23H22ClN3O3S/c1-3-30-20-9-4-15(10-21(20)29-2)18-11-22(28)27-13-26(14-31-23(27)19(18)12-25)17-7-5-16(24)6-8-17/h4-10,18H,3,11,13-14H2,1-2H3/t18-/m1/s1. The molecule has 1 saturated heterocycles. The summed E-state index contributed by atoms with van der Waals surface area (Å²) in [5, 5.41) is 11.4. The highest BCUT2D eigenvalue weighted by Gasteiger charge is 2.38. The molecule has 8 heteroatoms. The average molecular weight is 456 g/mol. The van der Waals surface area contributed by atoms with Crippen molar-refractivity contribution in [3.05, 3.63) is 63.7 Å². The third-order valence-corrected chi connectivity index (χ3v) is 6.78. The van der Waals surface area contributed by atoms with Gasteiger partial charge in [0, 0.05) is 23.0 Å². The number of fused-ring (bicyclic) bond motifs is 1. The van der Waals surface area contributed by atoms with Gasteiger partial charge in [0.2, 0.25) is 5.91 Å². The highest BCUT2D eigenvalue weighted by Crippen LogP contribution is 2.44. The first-order valence-electron chi connectivity index (χ1n) is 9.94. The molecule has 6 nitrogen and oxygen atoms in total. The van der Waals surface area contributed by atoms with E-state index in [4.69, 9.17) is 21.1 Å². The largest absolute Gasteiger partial charge is 0.493 e. The van der Waals surface area contributed by atoms with Gasteiger partial charge in [-0.05, 0) is 48.9 Å². The van der Waals surface area contributed by atoms with E-state index in [1.165, 1.54) is 11.8 Å². The smallest absolute Gasteiger partial charge is 0.229 e. The van der Waals surface area contributed by atoms with E-state index in [-0.39, 0.29) is 18.2 Å². The lowest BCUT2D eigenvalue weighted by Gasteiger charge is -2.42. The summed E-state index contributed by atoms with van der Waals surface area (Å²) in [7, 11) is 1.58. The van der Waals surface area contributed by atoms with Crippen molar-refractivity contribution < 1.29 is 14.3 Å². The highest BCUT2D eigenvalue weighted by atomic mass is 35.5. The molecule has 0 aliphatic carbocycles. The molecule has 1 amide bonds. The number of carbonyl (C=O) groups excluding carboxylic acids is 1. The Morgan fingerprint density at radius 3 is 2.68 bits per heavy atom. The molecule has 2 heterocycles. The van der Waals surface area contributed by atoms with Gasteiger partial charge in [0.25, 0.3) is 0 Å². The van der Waals surface area contributed by atoms with Crippen molar-refractivity contribution in [3.63, 3.8) is 0 Å². The van der Waals surface area contributed by atoms with Crippen molar-refractivity contribution >= 4 is 35.0 Å². The number of amides is 1. The molecule has 0 bridgehead atoms. The van der Waals surface area contributed by atoms with Crippen LogP contribution in [0, 0.1) is 11.3 Å². The van der Waals surface area contributed by atoms with Gasteiger partial charge in [-0.15, -0.1) is 0 Å². The summed E-state index contributed by atoms with van der Waals surface area (Å²) in [4.78, 5) is 16.9. The molecule has 2 aliphatic heterocycles. The van der Waals surface area contributed by atoms with Crippen LogP contribution in [-0.2, 0) is 4.79 Å². The number of benzene rings is 2. The summed E-state index contributed by atoms with van der Waals surface area (Å²) < 4.78 is 11.1. The number of ether oxygens (including phenoxy) is 2. The van der Waals surface area contributed by atoms with Crippen molar-refractivity contribution in [2.24, 2.45) is 0 Å². The van der Waals surface area contributed by atoms with E-state index in [0.717, 1.165) is 16.3 Å². The molecule has 0 saturated carbocycles. The zero-order valence-electron chi connectivity index (χ0n) is 17.3. The molecule has 4 rings (SSSR count). The number of methoxy groups -OCH3 is 1. The van der Waals surface area contributed by atoms with Gasteiger partial charge < -0.3 is 14.4 Å². The number of rotatable bonds is 5. The summed E-state index contributed by atoms with van der Waals surface area (Å²) in [6, 6.07) is 15.5. The molecule has 2 aromatic carbocycles. The van der Waals surface area contributed by atoms with E-state index < -0.39 is 0 Å². The fourth-order valence-corrected chi connectivity index (χ4v) is 5.13. The maximum absolute atomic E-state index is 13.1. The molecule has 2 aliphatic rings. The minimum atomic E-state index is -0.303. The van der Waals surface area contributed by atoms with Crippen LogP contribution in [0.1, 0.15) is 24.8 Å². The van der Waals surface area contributed by atoms with Gasteiger partial charge in [-0.3, -0.25) is 9.69 Å². The minimum absolute atomic E-state index is 0.00184. The average Bonchev–Trinajstić information content (AvgIpc) is 2.80. The summed E-state index contributed by atoms with van der Waals surface area (Å²) in [5.74, 6) is 1.59. The Morgan fingerprint density at radius 2 is 2.00 bits per heavy atom. The molecule has 0 spiro atoms. The normalized spacial score (nSPS) is 18.5. The molecule has 0 N–H and O–H groups in total.